The summed E-state index contributed by atoms with van der Waals surface area (Å²) >= 11 is 0. The van der Waals surface area contributed by atoms with Gasteiger partial charge in [0.05, 0.1) is 35.2 Å². The normalized spacial score (nSPS) is 11.2. The van der Waals surface area contributed by atoms with E-state index < -0.39 is 0 Å². The molecular weight excluding hydrogens is 428 g/mol. The summed E-state index contributed by atoms with van der Waals surface area (Å²) in [4.78, 5) is 18.2. The zero-order chi connectivity index (χ0) is 24.2. The van der Waals surface area contributed by atoms with Gasteiger partial charge in [0.15, 0.2) is 5.82 Å². The number of hydrogen-bond donors (Lipinski definition) is 2. The number of imidazole rings is 1. The molecule has 0 unspecified atom stereocenters. The third-order valence-electron chi connectivity index (χ3n) is 5.74. The number of methoxy groups -OCH3 is 1. The molecule has 0 atom stereocenters. The Kier molecular flexibility index (Phi) is 6.83. The van der Waals surface area contributed by atoms with Crippen molar-refractivity contribution >= 4 is 34.0 Å². The number of nitrogens with zero attached hydrogens (tertiary/aromatic N) is 6. The molecule has 3 N–H and O–H groups in total. The van der Waals surface area contributed by atoms with Crippen molar-refractivity contribution < 1.29 is 4.74 Å². The molecule has 0 saturated heterocycles. The van der Waals surface area contributed by atoms with Crippen LogP contribution < -0.4 is 20.7 Å². The minimum Gasteiger partial charge on any atom is -0.494 e. The van der Waals surface area contributed by atoms with Crippen LogP contribution in [0.15, 0.2) is 48.7 Å². The van der Waals surface area contributed by atoms with E-state index in [0.29, 0.717) is 23.1 Å². The fourth-order valence-electron chi connectivity index (χ4n) is 3.91. The fraction of sp³-hybridized carbons (Fsp3) is 0.320. The van der Waals surface area contributed by atoms with Crippen LogP contribution in [0.5, 0.6) is 5.75 Å². The van der Waals surface area contributed by atoms with Gasteiger partial charge in [-0.1, -0.05) is 12.1 Å². The summed E-state index contributed by atoms with van der Waals surface area (Å²) < 4.78 is 7.80. The highest BCUT2D eigenvalue weighted by atomic mass is 16.5. The topological polar surface area (TPSA) is 97.4 Å². The monoisotopic (exact) mass is 460 g/mol. The van der Waals surface area contributed by atoms with E-state index >= 15 is 0 Å². The highest BCUT2D eigenvalue weighted by Gasteiger charge is 2.16. The second-order valence-corrected chi connectivity index (χ2v) is 8.40. The molecule has 34 heavy (non-hydrogen) atoms. The van der Waals surface area contributed by atoms with Crippen molar-refractivity contribution in [2.45, 2.75) is 13.5 Å². The molecule has 0 radical (unpaired) electrons. The summed E-state index contributed by atoms with van der Waals surface area (Å²) in [5.74, 6) is 1.91. The van der Waals surface area contributed by atoms with Crippen molar-refractivity contribution in [3.05, 3.63) is 48.7 Å². The van der Waals surface area contributed by atoms with Gasteiger partial charge in [-0.25, -0.2) is 15.0 Å². The second kappa shape index (κ2) is 9.96. The van der Waals surface area contributed by atoms with Gasteiger partial charge in [-0.15, -0.1) is 0 Å². The first-order chi connectivity index (χ1) is 16.4. The molecule has 2 aromatic carbocycles. The lowest BCUT2D eigenvalue weighted by molar-refractivity contribution is 0.413. The third-order valence-corrected chi connectivity index (χ3v) is 5.74. The third kappa shape index (κ3) is 4.74. The van der Waals surface area contributed by atoms with E-state index in [1.54, 1.807) is 13.3 Å². The minimum absolute atomic E-state index is 0.443. The number of aryl methyl sites for hydroxylation is 1. The number of aromatic nitrogens is 4. The molecule has 0 bridgehead atoms. The van der Waals surface area contributed by atoms with Crippen LogP contribution in [0.25, 0.3) is 22.6 Å². The second-order valence-electron chi connectivity index (χ2n) is 8.40. The quantitative estimate of drug-likeness (QED) is 0.364. The first-order valence-electron chi connectivity index (χ1n) is 11.3. The minimum atomic E-state index is 0.443. The summed E-state index contributed by atoms with van der Waals surface area (Å²) in [5.41, 5.74) is 11.4. The number of hydrogen-bond acceptors (Lipinski definition) is 8. The van der Waals surface area contributed by atoms with Crippen LogP contribution in [0, 0.1) is 0 Å². The summed E-state index contributed by atoms with van der Waals surface area (Å²) in [6, 6.07) is 13.8. The summed E-state index contributed by atoms with van der Waals surface area (Å²) in [6.07, 6.45) is 1.73. The molecule has 2 heterocycles. The summed E-state index contributed by atoms with van der Waals surface area (Å²) in [5, 5.41) is 3.27. The number of para-hydroxylation sites is 2. The lowest BCUT2D eigenvalue weighted by atomic mass is 10.2. The predicted molar refractivity (Wildman–Crippen MR) is 139 cm³/mol. The SMILES string of the molecule is CCn1c(-c2ccnc(Nc3cc(N)c(N(C)CCN(C)C)cc3OC)n2)nc2ccccc21. The molecule has 0 saturated carbocycles. The van der Waals surface area contributed by atoms with E-state index in [0.717, 1.165) is 47.9 Å². The van der Waals surface area contributed by atoms with Crippen LogP contribution in [0.3, 0.4) is 0 Å². The number of nitrogens with two attached hydrogens (primary N) is 1. The van der Waals surface area contributed by atoms with Crippen LogP contribution in [-0.4, -0.2) is 65.8 Å². The van der Waals surface area contributed by atoms with Gasteiger partial charge in [0, 0.05) is 38.9 Å². The Labute approximate surface area is 200 Å². The standard InChI is InChI=1S/C25H32N8O/c1-6-33-21-10-8-7-9-18(21)28-24(33)19-11-12-27-25(29-19)30-20-15-17(26)22(16-23(20)34-5)32(4)14-13-31(2)3/h7-12,15-16H,6,13-14,26H2,1-5H3,(H,27,29,30). The predicted octanol–water partition coefficient (Wildman–Crippen LogP) is 3.85. The number of benzene rings is 2. The molecule has 0 spiro atoms. The number of nitrogens with one attached hydrogen (secondary N) is 1. The first kappa shape index (κ1) is 23.3. The Bertz CT molecular complexity index is 1280. The largest absolute Gasteiger partial charge is 0.494 e. The zero-order valence-electron chi connectivity index (χ0n) is 20.4. The van der Waals surface area contributed by atoms with Crippen molar-refractivity contribution in [1.82, 2.24) is 24.4 Å². The Morgan fingerprint density at radius 3 is 2.59 bits per heavy atom. The van der Waals surface area contributed by atoms with Gasteiger partial charge in [-0.3, -0.25) is 0 Å². The van der Waals surface area contributed by atoms with Crippen molar-refractivity contribution in [3.63, 3.8) is 0 Å². The maximum atomic E-state index is 6.40. The Morgan fingerprint density at radius 1 is 1.06 bits per heavy atom. The van der Waals surface area contributed by atoms with Gasteiger partial charge < -0.3 is 30.2 Å². The number of nitrogen functional groups attached to an aromatic ring is 1. The molecule has 2 aromatic heterocycles. The molecule has 4 rings (SSSR count). The maximum absolute atomic E-state index is 6.40. The summed E-state index contributed by atoms with van der Waals surface area (Å²) in [7, 11) is 7.76. The Morgan fingerprint density at radius 2 is 1.85 bits per heavy atom. The van der Waals surface area contributed by atoms with Gasteiger partial charge in [-0.2, -0.15) is 0 Å². The molecule has 178 valence electrons. The van der Waals surface area contributed by atoms with E-state index in [2.05, 4.69) is 51.8 Å². The molecule has 0 aliphatic carbocycles. The summed E-state index contributed by atoms with van der Waals surface area (Å²) in [6.45, 7) is 4.65. The molecule has 9 nitrogen and oxygen atoms in total. The van der Waals surface area contributed by atoms with E-state index in [4.69, 9.17) is 20.4 Å². The van der Waals surface area contributed by atoms with Crippen LogP contribution in [0.4, 0.5) is 23.0 Å². The van der Waals surface area contributed by atoms with Crippen molar-refractivity contribution in [2.24, 2.45) is 0 Å². The smallest absolute Gasteiger partial charge is 0.227 e. The van der Waals surface area contributed by atoms with Gasteiger partial charge in [-0.05, 0) is 45.3 Å². The highest BCUT2D eigenvalue weighted by Crippen LogP contribution is 2.36. The lowest BCUT2D eigenvalue weighted by Gasteiger charge is -2.24. The molecule has 0 amide bonds. The Balaban J connectivity index is 1.64. The van der Waals surface area contributed by atoms with E-state index in [1.165, 1.54) is 0 Å². The van der Waals surface area contributed by atoms with Gasteiger partial charge in [0.1, 0.15) is 11.4 Å². The molecular formula is C25H32N8O. The zero-order valence-corrected chi connectivity index (χ0v) is 20.4. The molecule has 9 heteroatoms. The van der Waals surface area contributed by atoms with E-state index in [1.807, 2.05) is 43.4 Å². The lowest BCUT2D eigenvalue weighted by Crippen LogP contribution is -2.29. The molecule has 0 fully saturated rings. The van der Waals surface area contributed by atoms with Gasteiger partial charge >= 0.3 is 0 Å². The number of rotatable bonds is 9. The van der Waals surface area contributed by atoms with Crippen LogP contribution >= 0.6 is 0 Å². The fourth-order valence-corrected chi connectivity index (χ4v) is 3.91. The first-order valence-corrected chi connectivity index (χ1v) is 11.3. The molecule has 0 aliphatic rings. The van der Waals surface area contributed by atoms with Gasteiger partial charge in [0.2, 0.25) is 5.95 Å². The number of ether oxygens (including phenoxy) is 1. The molecule has 4 aromatic rings. The maximum Gasteiger partial charge on any atom is 0.227 e. The van der Waals surface area contributed by atoms with Crippen LogP contribution in [0.1, 0.15) is 6.92 Å². The highest BCUT2D eigenvalue weighted by molar-refractivity contribution is 5.81. The average molecular weight is 461 g/mol. The van der Waals surface area contributed by atoms with Crippen molar-refractivity contribution in [3.8, 4) is 17.3 Å². The number of anilines is 4. The Hall–Kier alpha value is -3.85. The van der Waals surface area contributed by atoms with Crippen LogP contribution in [-0.2, 0) is 6.54 Å². The number of fused-ring (bicyclic) bond motifs is 1. The van der Waals surface area contributed by atoms with Crippen LogP contribution in [0.2, 0.25) is 0 Å². The van der Waals surface area contributed by atoms with Gasteiger partial charge in [0.25, 0.3) is 0 Å². The average Bonchev–Trinajstić information content (AvgIpc) is 3.21. The van der Waals surface area contributed by atoms with E-state index in [9.17, 15) is 0 Å². The van der Waals surface area contributed by atoms with Crippen molar-refractivity contribution in [2.75, 3.05) is 57.3 Å². The number of likely N-dealkylation sites (N-methyl/N-ethyl adjacent to an activating group) is 2. The molecule has 0 aliphatic heterocycles. The van der Waals surface area contributed by atoms with E-state index in [-0.39, 0.29) is 0 Å². The van der Waals surface area contributed by atoms with Crippen molar-refractivity contribution in [1.29, 1.82) is 0 Å².